The van der Waals surface area contributed by atoms with Crippen molar-refractivity contribution in [3.05, 3.63) is 34.4 Å². The minimum Gasteiger partial charge on any atom is -0.316 e. The summed E-state index contributed by atoms with van der Waals surface area (Å²) in [5.41, 5.74) is 2.23. The van der Waals surface area contributed by atoms with Gasteiger partial charge in [0.05, 0.1) is 10.7 Å². The number of pyridine rings is 1. The molecule has 0 aromatic carbocycles. The standard InChI is InChI=1S/C14H17N3S/c1-10-13(11-4-2-6-15-8-11)17-14(18-10)12-5-3-7-16-9-12/h2,4,6,8,12,16H,3,5,7,9H2,1H3. The fraction of sp³-hybridized carbons (Fsp3) is 0.429. The average Bonchev–Trinajstić information content (AvgIpc) is 2.83. The third-order valence-corrected chi connectivity index (χ3v) is 4.53. The van der Waals surface area contributed by atoms with Gasteiger partial charge in [0.2, 0.25) is 0 Å². The molecule has 1 aliphatic rings. The van der Waals surface area contributed by atoms with Crippen molar-refractivity contribution in [1.82, 2.24) is 15.3 Å². The second-order valence-electron chi connectivity index (χ2n) is 4.74. The number of hydrogen-bond acceptors (Lipinski definition) is 4. The van der Waals surface area contributed by atoms with Gasteiger partial charge in [0, 0.05) is 35.3 Å². The van der Waals surface area contributed by atoms with Crippen molar-refractivity contribution in [2.45, 2.75) is 25.7 Å². The molecule has 94 valence electrons. The van der Waals surface area contributed by atoms with E-state index in [-0.39, 0.29) is 0 Å². The molecule has 0 aliphatic carbocycles. The molecule has 18 heavy (non-hydrogen) atoms. The molecule has 0 radical (unpaired) electrons. The summed E-state index contributed by atoms with van der Waals surface area (Å²) in [4.78, 5) is 10.3. The van der Waals surface area contributed by atoms with Gasteiger partial charge in [-0.2, -0.15) is 0 Å². The molecular weight excluding hydrogens is 242 g/mol. The highest BCUT2D eigenvalue weighted by Crippen LogP contribution is 2.33. The first-order valence-electron chi connectivity index (χ1n) is 6.43. The molecule has 3 heterocycles. The Morgan fingerprint density at radius 3 is 3.11 bits per heavy atom. The van der Waals surface area contributed by atoms with Gasteiger partial charge < -0.3 is 5.32 Å². The molecule has 3 rings (SSSR count). The Kier molecular flexibility index (Phi) is 3.39. The van der Waals surface area contributed by atoms with E-state index in [1.807, 2.05) is 23.6 Å². The molecule has 0 bridgehead atoms. The summed E-state index contributed by atoms with van der Waals surface area (Å²) in [7, 11) is 0. The molecule has 0 amide bonds. The Labute approximate surface area is 111 Å². The van der Waals surface area contributed by atoms with Crippen LogP contribution in [0.1, 0.15) is 28.6 Å². The Balaban J connectivity index is 1.91. The fourth-order valence-corrected chi connectivity index (χ4v) is 3.50. The van der Waals surface area contributed by atoms with E-state index in [2.05, 4.69) is 23.3 Å². The number of rotatable bonds is 2. The SMILES string of the molecule is Cc1sc(C2CCCNC2)nc1-c1cccnc1. The lowest BCUT2D eigenvalue weighted by atomic mass is 10.0. The molecular formula is C14H17N3S. The van der Waals surface area contributed by atoms with Gasteiger partial charge in [-0.25, -0.2) is 4.98 Å². The number of thiazole rings is 1. The monoisotopic (exact) mass is 259 g/mol. The van der Waals surface area contributed by atoms with Crippen LogP contribution in [0.4, 0.5) is 0 Å². The molecule has 2 aromatic rings. The first-order chi connectivity index (χ1) is 8.84. The van der Waals surface area contributed by atoms with E-state index in [0.717, 1.165) is 24.3 Å². The first-order valence-corrected chi connectivity index (χ1v) is 7.24. The smallest absolute Gasteiger partial charge is 0.0978 e. The summed E-state index contributed by atoms with van der Waals surface area (Å²) in [6, 6.07) is 4.05. The number of hydrogen-bond donors (Lipinski definition) is 1. The molecule has 1 saturated heterocycles. The Morgan fingerprint density at radius 2 is 2.39 bits per heavy atom. The van der Waals surface area contributed by atoms with Crippen LogP contribution in [0.5, 0.6) is 0 Å². The number of aromatic nitrogens is 2. The number of piperidine rings is 1. The second-order valence-corrected chi connectivity index (χ2v) is 5.98. The van der Waals surface area contributed by atoms with E-state index < -0.39 is 0 Å². The summed E-state index contributed by atoms with van der Waals surface area (Å²) < 4.78 is 0. The van der Waals surface area contributed by atoms with Gasteiger partial charge in [0.1, 0.15) is 0 Å². The Hall–Kier alpha value is -1.26. The third kappa shape index (κ3) is 2.31. The summed E-state index contributed by atoms with van der Waals surface area (Å²) in [6.07, 6.45) is 6.21. The molecule has 0 spiro atoms. The van der Waals surface area contributed by atoms with E-state index in [1.54, 1.807) is 6.20 Å². The predicted molar refractivity (Wildman–Crippen MR) is 74.9 cm³/mol. The average molecular weight is 259 g/mol. The van der Waals surface area contributed by atoms with Crippen LogP contribution in [0.3, 0.4) is 0 Å². The molecule has 1 unspecified atom stereocenters. The van der Waals surface area contributed by atoms with Gasteiger partial charge in [0.25, 0.3) is 0 Å². The number of nitrogens with zero attached hydrogens (tertiary/aromatic N) is 2. The van der Waals surface area contributed by atoms with Crippen molar-refractivity contribution in [3.63, 3.8) is 0 Å². The van der Waals surface area contributed by atoms with Gasteiger partial charge in [0.15, 0.2) is 0 Å². The first kappa shape index (κ1) is 11.8. The van der Waals surface area contributed by atoms with E-state index in [9.17, 15) is 0 Å². The normalized spacial score (nSPS) is 19.9. The zero-order valence-electron chi connectivity index (χ0n) is 10.5. The van der Waals surface area contributed by atoms with Gasteiger partial charge >= 0.3 is 0 Å². The maximum absolute atomic E-state index is 4.84. The molecule has 2 aromatic heterocycles. The fourth-order valence-electron chi connectivity index (χ4n) is 2.42. The maximum Gasteiger partial charge on any atom is 0.0978 e. The van der Waals surface area contributed by atoms with Gasteiger partial charge in [-0.05, 0) is 38.4 Å². The minimum absolute atomic E-state index is 0.591. The lowest BCUT2D eigenvalue weighted by Gasteiger charge is -2.20. The molecule has 1 aliphatic heterocycles. The molecule has 4 heteroatoms. The van der Waals surface area contributed by atoms with Gasteiger partial charge in [-0.15, -0.1) is 11.3 Å². The Morgan fingerprint density at radius 1 is 1.44 bits per heavy atom. The van der Waals surface area contributed by atoms with Gasteiger partial charge in [-0.1, -0.05) is 0 Å². The van der Waals surface area contributed by atoms with Crippen LogP contribution in [0.15, 0.2) is 24.5 Å². The Bertz CT molecular complexity index is 515. The van der Waals surface area contributed by atoms with Crippen LogP contribution in [0, 0.1) is 6.92 Å². The topological polar surface area (TPSA) is 37.8 Å². The van der Waals surface area contributed by atoms with Crippen LogP contribution < -0.4 is 5.32 Å². The quantitative estimate of drug-likeness (QED) is 0.901. The van der Waals surface area contributed by atoms with E-state index in [0.29, 0.717) is 5.92 Å². The van der Waals surface area contributed by atoms with Crippen LogP contribution in [-0.4, -0.2) is 23.1 Å². The third-order valence-electron chi connectivity index (χ3n) is 3.39. The van der Waals surface area contributed by atoms with Crippen molar-refractivity contribution in [2.75, 3.05) is 13.1 Å². The lowest BCUT2D eigenvalue weighted by molar-refractivity contribution is 0.460. The maximum atomic E-state index is 4.84. The van der Waals surface area contributed by atoms with Crippen LogP contribution in [0.2, 0.25) is 0 Å². The van der Waals surface area contributed by atoms with Crippen molar-refractivity contribution in [3.8, 4) is 11.3 Å². The van der Waals surface area contributed by atoms with Crippen molar-refractivity contribution >= 4 is 11.3 Å². The largest absolute Gasteiger partial charge is 0.316 e. The zero-order valence-corrected chi connectivity index (χ0v) is 11.3. The molecule has 1 N–H and O–H groups in total. The van der Waals surface area contributed by atoms with E-state index >= 15 is 0 Å². The predicted octanol–water partition coefficient (Wildman–Crippen LogP) is 2.98. The van der Waals surface area contributed by atoms with Gasteiger partial charge in [-0.3, -0.25) is 4.98 Å². The molecule has 1 fully saturated rings. The van der Waals surface area contributed by atoms with Crippen molar-refractivity contribution < 1.29 is 0 Å². The van der Waals surface area contributed by atoms with Crippen LogP contribution in [0.25, 0.3) is 11.3 Å². The summed E-state index contributed by atoms with van der Waals surface area (Å²) in [5, 5.41) is 4.73. The van der Waals surface area contributed by atoms with Crippen LogP contribution >= 0.6 is 11.3 Å². The molecule has 3 nitrogen and oxygen atoms in total. The lowest BCUT2D eigenvalue weighted by Crippen LogP contribution is -2.28. The van der Waals surface area contributed by atoms with Crippen molar-refractivity contribution in [2.24, 2.45) is 0 Å². The minimum atomic E-state index is 0.591. The highest BCUT2D eigenvalue weighted by atomic mass is 32.1. The number of nitrogens with one attached hydrogen (secondary N) is 1. The zero-order chi connectivity index (χ0) is 12.4. The van der Waals surface area contributed by atoms with E-state index in [1.165, 1.54) is 22.7 Å². The summed E-state index contributed by atoms with van der Waals surface area (Å²) in [5.74, 6) is 0.591. The van der Waals surface area contributed by atoms with E-state index in [4.69, 9.17) is 4.98 Å². The summed E-state index contributed by atoms with van der Waals surface area (Å²) in [6.45, 7) is 4.37. The molecule has 0 saturated carbocycles. The summed E-state index contributed by atoms with van der Waals surface area (Å²) >= 11 is 1.84. The van der Waals surface area contributed by atoms with Crippen LogP contribution in [-0.2, 0) is 0 Å². The highest BCUT2D eigenvalue weighted by Gasteiger charge is 2.20. The second kappa shape index (κ2) is 5.16. The van der Waals surface area contributed by atoms with Crippen molar-refractivity contribution in [1.29, 1.82) is 0 Å². The number of aryl methyl sites for hydroxylation is 1. The highest BCUT2D eigenvalue weighted by molar-refractivity contribution is 7.12. The molecule has 1 atom stereocenters.